The van der Waals surface area contributed by atoms with Gasteiger partial charge >= 0.3 is 11.9 Å². The van der Waals surface area contributed by atoms with Crippen molar-refractivity contribution in [3.63, 3.8) is 0 Å². The molecule has 114 valence electrons. The first kappa shape index (κ1) is 14.3. The van der Waals surface area contributed by atoms with Crippen molar-refractivity contribution in [2.75, 3.05) is 14.2 Å². The molecule has 0 N–H and O–H groups in total. The van der Waals surface area contributed by atoms with Crippen molar-refractivity contribution in [2.24, 2.45) is 11.3 Å². The van der Waals surface area contributed by atoms with E-state index in [0.717, 1.165) is 0 Å². The van der Waals surface area contributed by atoms with E-state index in [2.05, 4.69) is 0 Å². The molecular weight excluding hydrogens is 272 g/mol. The van der Waals surface area contributed by atoms with Crippen LogP contribution in [0.2, 0.25) is 0 Å². The lowest BCUT2D eigenvalue weighted by atomic mass is 9.80. The highest BCUT2D eigenvalue weighted by molar-refractivity contribution is 6.01. The predicted molar refractivity (Wildman–Crippen MR) is 74.3 cm³/mol. The van der Waals surface area contributed by atoms with E-state index in [0.29, 0.717) is 6.42 Å². The third-order valence-electron chi connectivity index (χ3n) is 5.03. The third kappa shape index (κ3) is 1.67. The fourth-order valence-corrected chi connectivity index (χ4v) is 4.21. The standard InChI is InChI=1S/C16H20O5/c1-9(2)12-10-7-15(13(17)19-3,14(18)20-4)8-16(10)6-5-11(12)21-16/h5-6,10-11H,7-8H2,1-4H3/t10-,11-,16-/m0/s1. The molecule has 0 radical (unpaired) electrons. The number of fused-ring (bicyclic) bond motifs is 1. The lowest BCUT2D eigenvalue weighted by Gasteiger charge is -2.25. The predicted octanol–water partition coefficient (Wildman–Crippen LogP) is 1.77. The first-order chi connectivity index (χ1) is 9.90. The van der Waals surface area contributed by atoms with E-state index in [4.69, 9.17) is 14.2 Å². The second kappa shape index (κ2) is 4.44. The van der Waals surface area contributed by atoms with Crippen LogP contribution in [0, 0.1) is 11.3 Å². The molecule has 0 aromatic carbocycles. The summed E-state index contributed by atoms with van der Waals surface area (Å²) < 4.78 is 15.9. The molecule has 5 heteroatoms. The molecule has 2 aliphatic heterocycles. The van der Waals surface area contributed by atoms with Gasteiger partial charge in [-0.05, 0) is 25.8 Å². The Balaban J connectivity index is 2.07. The number of carbonyl (C=O) groups is 2. The number of hydrogen-bond acceptors (Lipinski definition) is 5. The van der Waals surface area contributed by atoms with Crippen LogP contribution in [0.25, 0.3) is 0 Å². The van der Waals surface area contributed by atoms with Gasteiger partial charge in [-0.3, -0.25) is 9.59 Å². The zero-order chi connectivity index (χ0) is 15.4. The summed E-state index contributed by atoms with van der Waals surface area (Å²) in [6, 6.07) is 0. The van der Waals surface area contributed by atoms with E-state index in [1.807, 2.05) is 26.0 Å². The zero-order valence-electron chi connectivity index (χ0n) is 12.8. The maximum atomic E-state index is 12.3. The number of rotatable bonds is 2. The van der Waals surface area contributed by atoms with Gasteiger partial charge in [-0.2, -0.15) is 0 Å². The summed E-state index contributed by atoms with van der Waals surface area (Å²) in [4.78, 5) is 24.6. The van der Waals surface area contributed by atoms with E-state index in [9.17, 15) is 9.59 Å². The highest BCUT2D eigenvalue weighted by Crippen LogP contribution is 2.62. The quantitative estimate of drug-likeness (QED) is 0.441. The number of allylic oxidation sites excluding steroid dienone is 1. The molecule has 5 nitrogen and oxygen atoms in total. The Morgan fingerprint density at radius 2 is 1.86 bits per heavy atom. The summed E-state index contributed by atoms with van der Waals surface area (Å²) in [6.07, 6.45) is 4.67. The van der Waals surface area contributed by atoms with Crippen LogP contribution in [0.15, 0.2) is 23.3 Å². The van der Waals surface area contributed by atoms with Crippen molar-refractivity contribution in [3.8, 4) is 0 Å². The van der Waals surface area contributed by atoms with Gasteiger partial charge in [0.15, 0.2) is 5.41 Å². The van der Waals surface area contributed by atoms with Crippen molar-refractivity contribution in [2.45, 2.75) is 38.4 Å². The fourth-order valence-electron chi connectivity index (χ4n) is 4.21. The van der Waals surface area contributed by atoms with Crippen LogP contribution in [0.3, 0.4) is 0 Å². The molecule has 2 bridgehead atoms. The highest BCUT2D eigenvalue weighted by Gasteiger charge is 2.69. The average Bonchev–Trinajstić information content (AvgIpc) is 3.10. The zero-order valence-corrected chi connectivity index (χ0v) is 12.8. The van der Waals surface area contributed by atoms with Gasteiger partial charge in [0, 0.05) is 12.3 Å². The number of esters is 2. The smallest absolute Gasteiger partial charge is 0.323 e. The minimum atomic E-state index is -1.27. The number of hydrogen-bond donors (Lipinski definition) is 0. The van der Waals surface area contributed by atoms with Gasteiger partial charge in [0.2, 0.25) is 0 Å². The minimum Gasteiger partial charge on any atom is -0.468 e. The molecule has 1 saturated carbocycles. The van der Waals surface area contributed by atoms with E-state index in [-0.39, 0.29) is 18.4 Å². The molecule has 0 amide bonds. The van der Waals surface area contributed by atoms with Gasteiger partial charge in [0.05, 0.1) is 25.9 Å². The molecule has 3 rings (SSSR count). The SMILES string of the molecule is COC(=O)C1(C(=O)OC)C[C@H]2C(=C(C)C)[C@@H]3C=C[C@@]2(C1)O3. The Morgan fingerprint density at radius 1 is 1.24 bits per heavy atom. The molecule has 3 aliphatic rings. The van der Waals surface area contributed by atoms with E-state index in [1.165, 1.54) is 25.4 Å². The van der Waals surface area contributed by atoms with Crippen LogP contribution in [0.1, 0.15) is 26.7 Å². The third-order valence-corrected chi connectivity index (χ3v) is 5.03. The maximum Gasteiger partial charge on any atom is 0.323 e. The van der Waals surface area contributed by atoms with Gasteiger partial charge in [-0.15, -0.1) is 0 Å². The molecule has 2 heterocycles. The minimum absolute atomic E-state index is 0.0201. The molecule has 0 aromatic rings. The number of ether oxygens (including phenoxy) is 3. The van der Waals surface area contributed by atoms with E-state index < -0.39 is 23.0 Å². The molecule has 0 aromatic heterocycles. The lowest BCUT2D eigenvalue weighted by Crippen LogP contribution is -2.41. The fraction of sp³-hybridized carbons (Fsp3) is 0.625. The molecular formula is C16H20O5. The lowest BCUT2D eigenvalue weighted by molar-refractivity contribution is -0.170. The Kier molecular flexibility index (Phi) is 3.03. The molecule has 1 aliphatic carbocycles. The Labute approximate surface area is 123 Å². The molecule has 1 spiro atoms. The first-order valence-electron chi connectivity index (χ1n) is 7.11. The Morgan fingerprint density at radius 3 is 2.38 bits per heavy atom. The van der Waals surface area contributed by atoms with Crippen molar-refractivity contribution in [1.29, 1.82) is 0 Å². The normalized spacial score (nSPS) is 34.8. The number of carbonyl (C=O) groups excluding carboxylic acids is 2. The largest absolute Gasteiger partial charge is 0.468 e. The average molecular weight is 292 g/mol. The summed E-state index contributed by atoms with van der Waals surface area (Å²) in [7, 11) is 2.60. The summed E-state index contributed by atoms with van der Waals surface area (Å²) in [5, 5.41) is 0. The van der Waals surface area contributed by atoms with E-state index in [1.54, 1.807) is 0 Å². The van der Waals surface area contributed by atoms with Crippen LogP contribution in [0.4, 0.5) is 0 Å². The molecule has 2 fully saturated rings. The summed E-state index contributed by atoms with van der Waals surface area (Å²) >= 11 is 0. The van der Waals surface area contributed by atoms with Gasteiger partial charge in [0.1, 0.15) is 0 Å². The van der Waals surface area contributed by atoms with Crippen LogP contribution < -0.4 is 0 Å². The Hall–Kier alpha value is -1.62. The van der Waals surface area contributed by atoms with Crippen molar-refractivity contribution in [1.82, 2.24) is 0 Å². The monoisotopic (exact) mass is 292 g/mol. The summed E-state index contributed by atoms with van der Waals surface area (Å²) in [5.74, 6) is -1.03. The molecule has 1 saturated heterocycles. The van der Waals surface area contributed by atoms with Crippen LogP contribution in [-0.2, 0) is 23.8 Å². The van der Waals surface area contributed by atoms with Crippen molar-refractivity contribution >= 4 is 11.9 Å². The highest BCUT2D eigenvalue weighted by atomic mass is 16.6. The second-order valence-corrected chi connectivity index (χ2v) is 6.31. The molecule has 21 heavy (non-hydrogen) atoms. The molecule has 3 atom stereocenters. The second-order valence-electron chi connectivity index (χ2n) is 6.31. The molecule has 0 unspecified atom stereocenters. The van der Waals surface area contributed by atoms with Crippen molar-refractivity contribution in [3.05, 3.63) is 23.3 Å². The van der Waals surface area contributed by atoms with Gasteiger partial charge < -0.3 is 14.2 Å². The summed E-state index contributed by atoms with van der Waals surface area (Å²) in [5.41, 5.74) is 0.530. The Bertz CT molecular complexity index is 553. The van der Waals surface area contributed by atoms with Gasteiger partial charge in [-0.1, -0.05) is 17.7 Å². The maximum absolute atomic E-state index is 12.3. The first-order valence-corrected chi connectivity index (χ1v) is 7.11. The summed E-state index contributed by atoms with van der Waals surface area (Å²) in [6.45, 7) is 4.08. The van der Waals surface area contributed by atoms with Crippen LogP contribution in [0.5, 0.6) is 0 Å². The van der Waals surface area contributed by atoms with E-state index >= 15 is 0 Å². The van der Waals surface area contributed by atoms with Gasteiger partial charge in [0.25, 0.3) is 0 Å². The topological polar surface area (TPSA) is 61.8 Å². The number of methoxy groups -OCH3 is 2. The van der Waals surface area contributed by atoms with Crippen molar-refractivity contribution < 1.29 is 23.8 Å². The van der Waals surface area contributed by atoms with Crippen LogP contribution >= 0.6 is 0 Å². The van der Waals surface area contributed by atoms with Crippen LogP contribution in [-0.4, -0.2) is 37.9 Å². The van der Waals surface area contributed by atoms with Gasteiger partial charge in [-0.25, -0.2) is 0 Å².